The molecule has 0 radical (unpaired) electrons. The molecule has 0 aliphatic heterocycles. The summed E-state index contributed by atoms with van der Waals surface area (Å²) in [5, 5.41) is 11.0. The molecule has 3 aromatic rings. The van der Waals surface area contributed by atoms with Gasteiger partial charge in [-0.1, -0.05) is 6.58 Å². The number of carbonyl (C=O) groups is 2. The predicted octanol–water partition coefficient (Wildman–Crippen LogP) is 5.52. The first-order valence-corrected chi connectivity index (χ1v) is 10.1. The average Bonchev–Trinajstić information content (AvgIpc) is 2.84. The van der Waals surface area contributed by atoms with E-state index in [1.54, 1.807) is 55.6 Å². The van der Waals surface area contributed by atoms with Gasteiger partial charge in [-0.05, 0) is 78.9 Å². The predicted molar refractivity (Wildman–Crippen MR) is 125 cm³/mol. The molecule has 0 aromatic heterocycles. The Morgan fingerprint density at radius 2 is 1.55 bits per heavy atom. The van der Waals surface area contributed by atoms with E-state index in [4.69, 9.17) is 4.74 Å². The van der Waals surface area contributed by atoms with E-state index in [2.05, 4.69) is 22.1 Å². The smallest absolute Gasteiger partial charge is 0.255 e. The van der Waals surface area contributed by atoms with E-state index >= 15 is 0 Å². The third-order valence-electron chi connectivity index (χ3n) is 4.60. The first kappa shape index (κ1) is 23.3. The Labute approximate surface area is 191 Å². The van der Waals surface area contributed by atoms with Gasteiger partial charge in [-0.15, -0.1) is 0 Å². The number of hydrogen-bond donors (Lipinski definition) is 1. The number of amides is 2. The number of halogens is 1. The van der Waals surface area contributed by atoms with Crippen molar-refractivity contribution in [2.75, 3.05) is 25.5 Å². The van der Waals surface area contributed by atoms with Crippen LogP contribution in [0.3, 0.4) is 0 Å². The molecule has 0 unspecified atom stereocenters. The number of nitrogens with one attached hydrogen (secondary N) is 1. The average molecular weight is 446 g/mol. The number of nitrogens with zero attached hydrogens (tertiary/aromatic N) is 3. The number of carbonyl (C=O) groups excluding carboxylic acids is 2. The molecule has 0 aliphatic rings. The maximum Gasteiger partial charge on any atom is 0.255 e. The Kier molecular flexibility index (Phi) is 8.02. The minimum absolute atomic E-state index is 0.172. The van der Waals surface area contributed by atoms with E-state index in [-0.39, 0.29) is 17.6 Å². The highest BCUT2D eigenvalue weighted by Gasteiger charge is 2.08. The van der Waals surface area contributed by atoms with E-state index in [1.165, 1.54) is 35.2 Å². The molecule has 2 amide bonds. The molecule has 0 atom stereocenters. The lowest BCUT2D eigenvalue weighted by Crippen LogP contribution is -2.29. The lowest BCUT2D eigenvalue weighted by molar-refractivity contribution is -0.125. The van der Waals surface area contributed by atoms with Crippen LogP contribution < -0.4 is 10.1 Å². The fourth-order valence-electron chi connectivity index (χ4n) is 2.71. The molecule has 0 saturated heterocycles. The Morgan fingerprint density at radius 1 is 0.970 bits per heavy atom. The SMILES string of the molecule is C=CC(=O)N(C)CCOc1ccc(C(=O)Nc2ccc(N=Nc3ccc(F)cc3)cc2)cc1. The van der Waals surface area contributed by atoms with Crippen LogP contribution in [0.2, 0.25) is 0 Å². The van der Waals surface area contributed by atoms with Gasteiger partial charge in [-0.2, -0.15) is 10.2 Å². The van der Waals surface area contributed by atoms with Crippen molar-refractivity contribution in [3.05, 3.63) is 96.8 Å². The van der Waals surface area contributed by atoms with Crippen molar-refractivity contribution in [1.82, 2.24) is 4.90 Å². The summed E-state index contributed by atoms with van der Waals surface area (Å²) in [5.74, 6) is -0.170. The van der Waals surface area contributed by atoms with Crippen LogP contribution in [-0.4, -0.2) is 36.9 Å². The Bertz CT molecular complexity index is 1130. The molecule has 3 rings (SSSR count). The van der Waals surface area contributed by atoms with Crippen LogP contribution in [0.15, 0.2) is 95.7 Å². The summed E-state index contributed by atoms with van der Waals surface area (Å²) >= 11 is 0. The van der Waals surface area contributed by atoms with Gasteiger partial charge in [-0.3, -0.25) is 9.59 Å². The highest BCUT2D eigenvalue weighted by atomic mass is 19.1. The monoisotopic (exact) mass is 446 g/mol. The molecule has 33 heavy (non-hydrogen) atoms. The number of benzene rings is 3. The van der Waals surface area contributed by atoms with Crippen molar-refractivity contribution in [3.63, 3.8) is 0 Å². The van der Waals surface area contributed by atoms with Crippen molar-refractivity contribution < 1.29 is 18.7 Å². The lowest BCUT2D eigenvalue weighted by Gasteiger charge is -2.15. The highest BCUT2D eigenvalue weighted by molar-refractivity contribution is 6.04. The van der Waals surface area contributed by atoms with Crippen LogP contribution in [-0.2, 0) is 4.79 Å². The lowest BCUT2D eigenvalue weighted by atomic mass is 10.2. The zero-order valence-electron chi connectivity index (χ0n) is 18.1. The van der Waals surface area contributed by atoms with Crippen LogP contribution >= 0.6 is 0 Å². The van der Waals surface area contributed by atoms with Gasteiger partial charge in [0.2, 0.25) is 5.91 Å². The van der Waals surface area contributed by atoms with Gasteiger partial charge in [0.25, 0.3) is 5.91 Å². The van der Waals surface area contributed by atoms with Crippen molar-refractivity contribution in [2.24, 2.45) is 10.2 Å². The maximum absolute atomic E-state index is 12.9. The highest BCUT2D eigenvalue weighted by Crippen LogP contribution is 2.21. The zero-order valence-corrected chi connectivity index (χ0v) is 18.1. The number of ether oxygens (including phenoxy) is 1. The van der Waals surface area contributed by atoms with Crippen molar-refractivity contribution in [1.29, 1.82) is 0 Å². The fraction of sp³-hybridized carbons (Fsp3) is 0.120. The van der Waals surface area contributed by atoms with E-state index < -0.39 is 0 Å². The molecule has 0 spiro atoms. The summed E-state index contributed by atoms with van der Waals surface area (Å²) in [4.78, 5) is 25.4. The second-order valence-corrected chi connectivity index (χ2v) is 7.01. The first-order chi connectivity index (χ1) is 15.9. The molecule has 8 heteroatoms. The Balaban J connectivity index is 1.50. The molecular formula is C25H23FN4O3. The van der Waals surface area contributed by atoms with E-state index in [0.29, 0.717) is 41.5 Å². The molecule has 0 heterocycles. The minimum Gasteiger partial charge on any atom is -0.492 e. The first-order valence-electron chi connectivity index (χ1n) is 10.1. The van der Waals surface area contributed by atoms with Gasteiger partial charge in [0.1, 0.15) is 18.2 Å². The summed E-state index contributed by atoms with van der Waals surface area (Å²) in [6.07, 6.45) is 1.25. The molecule has 0 bridgehead atoms. The molecule has 0 aliphatic carbocycles. The van der Waals surface area contributed by atoms with E-state index in [0.717, 1.165) is 0 Å². The van der Waals surface area contributed by atoms with Crippen LogP contribution in [0.4, 0.5) is 21.5 Å². The van der Waals surface area contributed by atoms with Gasteiger partial charge >= 0.3 is 0 Å². The van der Waals surface area contributed by atoms with Gasteiger partial charge in [0.15, 0.2) is 0 Å². The second kappa shape index (κ2) is 11.3. The molecular weight excluding hydrogens is 423 g/mol. The van der Waals surface area contributed by atoms with E-state index in [1.807, 2.05) is 0 Å². The summed E-state index contributed by atoms with van der Waals surface area (Å²) in [7, 11) is 1.67. The number of anilines is 1. The minimum atomic E-state index is -0.332. The van der Waals surface area contributed by atoms with Crippen LogP contribution in [0.5, 0.6) is 5.75 Å². The van der Waals surface area contributed by atoms with Crippen LogP contribution in [0, 0.1) is 5.82 Å². The van der Waals surface area contributed by atoms with Gasteiger partial charge in [0.05, 0.1) is 17.9 Å². The molecule has 1 N–H and O–H groups in total. The number of rotatable bonds is 9. The molecule has 168 valence electrons. The number of likely N-dealkylation sites (N-methyl/N-ethyl adjacent to an activating group) is 1. The Morgan fingerprint density at radius 3 is 2.12 bits per heavy atom. The summed E-state index contributed by atoms with van der Waals surface area (Å²) in [5.41, 5.74) is 2.22. The quantitative estimate of drug-likeness (QED) is 0.347. The summed E-state index contributed by atoms with van der Waals surface area (Å²) in [6.45, 7) is 4.19. The number of azo groups is 1. The molecule has 0 fully saturated rings. The number of hydrogen-bond acceptors (Lipinski definition) is 5. The maximum atomic E-state index is 12.9. The molecule has 7 nitrogen and oxygen atoms in total. The van der Waals surface area contributed by atoms with Gasteiger partial charge in [0, 0.05) is 18.3 Å². The second-order valence-electron chi connectivity index (χ2n) is 7.01. The summed E-state index contributed by atoms with van der Waals surface area (Å²) < 4.78 is 18.5. The molecule has 0 saturated carbocycles. The van der Waals surface area contributed by atoms with E-state index in [9.17, 15) is 14.0 Å². The van der Waals surface area contributed by atoms with Crippen LogP contribution in [0.25, 0.3) is 0 Å². The standard InChI is InChI=1S/C25H23FN4O3/c1-3-24(31)30(2)16-17-33-23-14-4-18(5-15-23)25(32)27-20-10-12-22(13-11-20)29-28-21-8-6-19(26)7-9-21/h3-15H,1,16-17H2,2H3,(H,27,32). The fourth-order valence-corrected chi connectivity index (χ4v) is 2.71. The van der Waals surface area contributed by atoms with Gasteiger partial charge < -0.3 is 15.0 Å². The largest absolute Gasteiger partial charge is 0.492 e. The van der Waals surface area contributed by atoms with Crippen LogP contribution in [0.1, 0.15) is 10.4 Å². The topological polar surface area (TPSA) is 83.4 Å². The molecule has 3 aromatic carbocycles. The van der Waals surface area contributed by atoms with Gasteiger partial charge in [-0.25, -0.2) is 4.39 Å². The van der Waals surface area contributed by atoms with Crippen molar-refractivity contribution in [3.8, 4) is 5.75 Å². The normalized spacial score (nSPS) is 10.6. The van der Waals surface area contributed by atoms with Crippen molar-refractivity contribution in [2.45, 2.75) is 0 Å². The third-order valence-corrected chi connectivity index (χ3v) is 4.60. The van der Waals surface area contributed by atoms with Crippen molar-refractivity contribution >= 4 is 28.9 Å². The third kappa shape index (κ3) is 7.10. The zero-order chi connectivity index (χ0) is 23.6. The Hall–Kier alpha value is -4.33. The summed E-state index contributed by atoms with van der Waals surface area (Å²) in [6, 6.07) is 19.3.